The second-order valence-corrected chi connectivity index (χ2v) is 7.73. The van der Waals surface area contributed by atoms with E-state index < -0.39 is 0 Å². The number of carbonyl (C=O) groups is 1. The minimum atomic E-state index is 0.00760. The molecule has 0 atom stereocenters. The average molecular weight is 343 g/mol. The molecule has 1 saturated heterocycles. The van der Waals surface area contributed by atoms with Gasteiger partial charge in [-0.25, -0.2) is 0 Å². The molecule has 0 unspecified atom stereocenters. The van der Waals surface area contributed by atoms with Crippen LogP contribution in [0.2, 0.25) is 0 Å². The van der Waals surface area contributed by atoms with Crippen LogP contribution in [0, 0.1) is 6.92 Å². The summed E-state index contributed by atoms with van der Waals surface area (Å²) in [5.74, 6) is 0.00760. The van der Waals surface area contributed by atoms with Gasteiger partial charge in [-0.15, -0.1) is 11.3 Å². The molecule has 1 fully saturated rings. The molecule has 3 rings (SSSR count). The number of hydrogen-bond donors (Lipinski definition) is 1. The Morgan fingerprint density at radius 3 is 2.42 bits per heavy atom. The van der Waals surface area contributed by atoms with Gasteiger partial charge in [-0.05, 0) is 56.8 Å². The topological polar surface area (TPSA) is 35.6 Å². The molecule has 1 amide bonds. The van der Waals surface area contributed by atoms with Crippen LogP contribution in [-0.4, -0.2) is 50.6 Å². The van der Waals surface area contributed by atoms with Gasteiger partial charge < -0.3 is 15.1 Å². The third-order valence-electron chi connectivity index (χ3n) is 4.45. The number of likely N-dealkylation sites (N-methyl/N-ethyl adjacent to an activating group) is 1. The van der Waals surface area contributed by atoms with Crippen LogP contribution < -0.4 is 10.2 Å². The number of amides is 1. The number of thiophene rings is 1. The van der Waals surface area contributed by atoms with Gasteiger partial charge >= 0.3 is 0 Å². The Morgan fingerprint density at radius 1 is 1.08 bits per heavy atom. The highest BCUT2D eigenvalue weighted by molar-refractivity contribution is 7.11. The molecule has 4 nitrogen and oxygen atoms in total. The standard InChI is InChI=1S/C19H25N3OS/c1-15-3-8-18(24-15)9-10-20-19(23)16-4-6-17(7-5-16)22-13-11-21(2)12-14-22/h3-8H,9-14H2,1-2H3,(H,20,23). The molecule has 2 aromatic rings. The van der Waals surface area contributed by atoms with E-state index in [-0.39, 0.29) is 5.91 Å². The fourth-order valence-electron chi connectivity index (χ4n) is 2.91. The maximum absolute atomic E-state index is 12.2. The number of rotatable bonds is 5. The summed E-state index contributed by atoms with van der Waals surface area (Å²) in [5, 5.41) is 3.01. The SMILES string of the molecule is Cc1ccc(CCNC(=O)c2ccc(N3CCN(C)CC3)cc2)s1. The van der Waals surface area contributed by atoms with Crippen molar-refractivity contribution >= 4 is 22.9 Å². The van der Waals surface area contributed by atoms with Gasteiger partial charge in [-0.1, -0.05) is 0 Å². The Hall–Kier alpha value is -1.85. The highest BCUT2D eigenvalue weighted by atomic mass is 32.1. The molecule has 24 heavy (non-hydrogen) atoms. The van der Waals surface area contributed by atoms with Crippen molar-refractivity contribution in [2.24, 2.45) is 0 Å². The third kappa shape index (κ3) is 4.36. The van der Waals surface area contributed by atoms with E-state index in [0.717, 1.165) is 38.2 Å². The van der Waals surface area contributed by atoms with Gasteiger partial charge in [0.25, 0.3) is 5.91 Å². The van der Waals surface area contributed by atoms with Crippen LogP contribution in [0.4, 0.5) is 5.69 Å². The minimum absolute atomic E-state index is 0.00760. The zero-order valence-corrected chi connectivity index (χ0v) is 15.2. The minimum Gasteiger partial charge on any atom is -0.369 e. The van der Waals surface area contributed by atoms with Crippen LogP contribution in [0.25, 0.3) is 0 Å². The van der Waals surface area contributed by atoms with Crippen LogP contribution in [0.1, 0.15) is 20.1 Å². The van der Waals surface area contributed by atoms with Crippen molar-refractivity contribution in [3.63, 3.8) is 0 Å². The molecule has 0 bridgehead atoms. The fourth-order valence-corrected chi connectivity index (χ4v) is 3.80. The molecule has 1 aliphatic heterocycles. The lowest BCUT2D eigenvalue weighted by Gasteiger charge is -2.34. The number of hydrogen-bond acceptors (Lipinski definition) is 4. The largest absolute Gasteiger partial charge is 0.369 e. The van der Waals surface area contributed by atoms with E-state index >= 15 is 0 Å². The Bertz CT molecular complexity index is 672. The third-order valence-corrected chi connectivity index (χ3v) is 5.51. The summed E-state index contributed by atoms with van der Waals surface area (Å²) in [4.78, 5) is 19.6. The molecule has 5 heteroatoms. The smallest absolute Gasteiger partial charge is 0.251 e. The molecule has 0 radical (unpaired) electrons. The number of carbonyl (C=O) groups excluding carboxylic acids is 1. The molecular formula is C19H25N3OS. The monoisotopic (exact) mass is 343 g/mol. The van der Waals surface area contributed by atoms with E-state index in [2.05, 4.69) is 53.4 Å². The highest BCUT2D eigenvalue weighted by Crippen LogP contribution is 2.17. The first-order valence-corrected chi connectivity index (χ1v) is 9.30. The van der Waals surface area contributed by atoms with Gasteiger partial charge in [0.15, 0.2) is 0 Å². The molecule has 1 N–H and O–H groups in total. The molecule has 1 aromatic heterocycles. The van der Waals surface area contributed by atoms with E-state index in [9.17, 15) is 4.79 Å². The predicted octanol–water partition coefficient (Wildman–Crippen LogP) is 2.78. The average Bonchev–Trinajstić information content (AvgIpc) is 3.01. The zero-order valence-electron chi connectivity index (χ0n) is 14.4. The fraction of sp³-hybridized carbons (Fsp3) is 0.421. The zero-order chi connectivity index (χ0) is 16.9. The predicted molar refractivity (Wildman–Crippen MR) is 101 cm³/mol. The Balaban J connectivity index is 1.50. The first-order valence-electron chi connectivity index (χ1n) is 8.49. The quantitative estimate of drug-likeness (QED) is 0.907. The van der Waals surface area contributed by atoms with Gasteiger partial charge in [0.2, 0.25) is 0 Å². The van der Waals surface area contributed by atoms with E-state index in [1.165, 1.54) is 15.4 Å². The Labute approximate surface area is 148 Å². The molecule has 0 aliphatic carbocycles. The van der Waals surface area contributed by atoms with Gasteiger partial charge in [0.05, 0.1) is 0 Å². The summed E-state index contributed by atoms with van der Waals surface area (Å²) in [7, 11) is 2.16. The second kappa shape index (κ2) is 7.81. The van der Waals surface area contributed by atoms with Gasteiger partial charge in [-0.2, -0.15) is 0 Å². The molecular weight excluding hydrogens is 318 g/mol. The van der Waals surface area contributed by atoms with Crippen molar-refractivity contribution in [2.75, 3.05) is 44.7 Å². The van der Waals surface area contributed by atoms with Crippen LogP contribution in [-0.2, 0) is 6.42 Å². The number of nitrogens with zero attached hydrogens (tertiary/aromatic N) is 2. The van der Waals surface area contributed by atoms with Crippen LogP contribution >= 0.6 is 11.3 Å². The maximum atomic E-state index is 12.2. The summed E-state index contributed by atoms with van der Waals surface area (Å²) in [5.41, 5.74) is 1.93. The lowest BCUT2D eigenvalue weighted by atomic mass is 10.1. The van der Waals surface area contributed by atoms with Crippen molar-refractivity contribution in [3.05, 3.63) is 51.7 Å². The second-order valence-electron chi connectivity index (χ2n) is 6.36. The molecule has 0 saturated carbocycles. The molecule has 2 heterocycles. The first kappa shape index (κ1) is 17.0. The van der Waals surface area contributed by atoms with Crippen LogP contribution in [0.5, 0.6) is 0 Å². The van der Waals surface area contributed by atoms with Gasteiger partial charge in [-0.3, -0.25) is 4.79 Å². The summed E-state index contributed by atoms with van der Waals surface area (Å²) in [6, 6.07) is 12.2. The van der Waals surface area contributed by atoms with E-state index in [4.69, 9.17) is 0 Å². The van der Waals surface area contributed by atoms with Gasteiger partial charge in [0, 0.05) is 53.7 Å². The Kier molecular flexibility index (Phi) is 5.53. The van der Waals surface area contributed by atoms with Crippen LogP contribution in [0.15, 0.2) is 36.4 Å². The van der Waals surface area contributed by atoms with Crippen molar-refractivity contribution < 1.29 is 4.79 Å². The van der Waals surface area contributed by atoms with Crippen molar-refractivity contribution in [2.45, 2.75) is 13.3 Å². The van der Waals surface area contributed by atoms with Crippen molar-refractivity contribution in [1.82, 2.24) is 10.2 Å². The summed E-state index contributed by atoms with van der Waals surface area (Å²) in [6.45, 7) is 7.05. The summed E-state index contributed by atoms with van der Waals surface area (Å²) in [6.07, 6.45) is 0.892. The number of anilines is 1. The molecule has 128 valence electrons. The van der Waals surface area contributed by atoms with Crippen molar-refractivity contribution in [3.8, 4) is 0 Å². The van der Waals surface area contributed by atoms with E-state index in [1.54, 1.807) is 11.3 Å². The number of nitrogens with one attached hydrogen (secondary N) is 1. The summed E-state index contributed by atoms with van der Waals surface area (Å²) >= 11 is 1.79. The summed E-state index contributed by atoms with van der Waals surface area (Å²) < 4.78 is 0. The highest BCUT2D eigenvalue weighted by Gasteiger charge is 2.14. The van der Waals surface area contributed by atoms with E-state index in [1.807, 2.05) is 12.1 Å². The lowest BCUT2D eigenvalue weighted by molar-refractivity contribution is 0.0954. The molecule has 0 spiro atoms. The first-order chi connectivity index (χ1) is 11.6. The van der Waals surface area contributed by atoms with Crippen LogP contribution in [0.3, 0.4) is 0 Å². The molecule has 1 aliphatic rings. The number of aryl methyl sites for hydroxylation is 1. The van der Waals surface area contributed by atoms with Gasteiger partial charge in [0.1, 0.15) is 0 Å². The molecule has 1 aromatic carbocycles. The maximum Gasteiger partial charge on any atom is 0.251 e. The number of benzene rings is 1. The Morgan fingerprint density at radius 2 is 1.79 bits per heavy atom. The number of piperazine rings is 1. The lowest BCUT2D eigenvalue weighted by Crippen LogP contribution is -2.44. The van der Waals surface area contributed by atoms with Crippen molar-refractivity contribution in [1.29, 1.82) is 0 Å². The van der Waals surface area contributed by atoms with E-state index in [0.29, 0.717) is 6.54 Å². The normalized spacial score (nSPS) is 15.5.